The molecule has 0 aliphatic carbocycles. The number of carbonyl (C=O) groups is 1. The SMILES string of the molecule is O=Cc1ccc(CN2CCNCC2)s1. The molecular formula is C10H14N2OS. The molecule has 1 fully saturated rings. The Morgan fingerprint density at radius 1 is 1.43 bits per heavy atom. The van der Waals surface area contributed by atoms with Crippen LogP contribution in [0.25, 0.3) is 0 Å². The molecular weight excluding hydrogens is 196 g/mol. The van der Waals surface area contributed by atoms with Crippen LogP contribution in [0.2, 0.25) is 0 Å². The van der Waals surface area contributed by atoms with E-state index in [0.717, 1.165) is 43.9 Å². The predicted molar refractivity (Wildman–Crippen MR) is 57.9 cm³/mol. The number of rotatable bonds is 3. The lowest BCUT2D eigenvalue weighted by molar-refractivity contribution is 0.112. The van der Waals surface area contributed by atoms with E-state index in [1.54, 1.807) is 11.3 Å². The smallest absolute Gasteiger partial charge is 0.160 e. The van der Waals surface area contributed by atoms with Gasteiger partial charge in [-0.15, -0.1) is 11.3 Å². The van der Waals surface area contributed by atoms with E-state index in [0.29, 0.717) is 0 Å². The first kappa shape index (κ1) is 9.83. The molecule has 0 radical (unpaired) electrons. The highest BCUT2D eigenvalue weighted by atomic mass is 32.1. The van der Waals surface area contributed by atoms with Gasteiger partial charge in [0.1, 0.15) is 0 Å². The number of aldehydes is 1. The quantitative estimate of drug-likeness (QED) is 0.754. The van der Waals surface area contributed by atoms with E-state index < -0.39 is 0 Å². The number of piperazine rings is 1. The third kappa shape index (κ3) is 2.41. The Balaban J connectivity index is 1.92. The van der Waals surface area contributed by atoms with E-state index in [1.807, 2.05) is 6.07 Å². The fraction of sp³-hybridized carbons (Fsp3) is 0.500. The van der Waals surface area contributed by atoms with E-state index in [4.69, 9.17) is 0 Å². The van der Waals surface area contributed by atoms with Crippen molar-refractivity contribution < 1.29 is 4.79 Å². The van der Waals surface area contributed by atoms with Gasteiger partial charge in [-0.05, 0) is 12.1 Å². The van der Waals surface area contributed by atoms with Crippen LogP contribution < -0.4 is 5.32 Å². The second-order valence-corrected chi connectivity index (χ2v) is 4.65. The maximum absolute atomic E-state index is 10.5. The fourth-order valence-corrected chi connectivity index (χ4v) is 2.50. The van der Waals surface area contributed by atoms with Gasteiger partial charge in [-0.1, -0.05) is 0 Å². The maximum Gasteiger partial charge on any atom is 0.160 e. The molecule has 3 nitrogen and oxygen atoms in total. The van der Waals surface area contributed by atoms with E-state index in [1.165, 1.54) is 4.88 Å². The molecule has 1 aliphatic rings. The van der Waals surface area contributed by atoms with E-state index in [2.05, 4.69) is 16.3 Å². The minimum Gasteiger partial charge on any atom is -0.314 e. The zero-order valence-electron chi connectivity index (χ0n) is 8.03. The van der Waals surface area contributed by atoms with Gasteiger partial charge >= 0.3 is 0 Å². The highest BCUT2D eigenvalue weighted by Gasteiger charge is 2.10. The molecule has 0 aromatic carbocycles. The summed E-state index contributed by atoms with van der Waals surface area (Å²) in [6.07, 6.45) is 0.923. The standard InChI is InChI=1S/C10H14N2OS/c13-8-10-2-1-9(14-10)7-12-5-3-11-4-6-12/h1-2,8,11H,3-7H2. The van der Waals surface area contributed by atoms with Crippen LogP contribution in [0, 0.1) is 0 Å². The summed E-state index contributed by atoms with van der Waals surface area (Å²) in [7, 11) is 0. The zero-order valence-corrected chi connectivity index (χ0v) is 8.85. The van der Waals surface area contributed by atoms with Crippen molar-refractivity contribution in [3.63, 3.8) is 0 Å². The van der Waals surface area contributed by atoms with Gasteiger partial charge in [-0.2, -0.15) is 0 Å². The van der Waals surface area contributed by atoms with Crippen molar-refractivity contribution in [3.05, 3.63) is 21.9 Å². The number of nitrogens with zero attached hydrogens (tertiary/aromatic N) is 1. The third-order valence-corrected chi connectivity index (χ3v) is 3.38. The van der Waals surface area contributed by atoms with E-state index >= 15 is 0 Å². The molecule has 4 heteroatoms. The summed E-state index contributed by atoms with van der Waals surface area (Å²) in [5.74, 6) is 0. The molecule has 14 heavy (non-hydrogen) atoms. The predicted octanol–water partition coefficient (Wildman–Crippen LogP) is 0.966. The lowest BCUT2D eigenvalue weighted by atomic mass is 10.3. The normalized spacial score (nSPS) is 18.3. The van der Waals surface area contributed by atoms with Crippen LogP contribution in [0.4, 0.5) is 0 Å². The van der Waals surface area contributed by atoms with Crippen molar-refractivity contribution in [1.82, 2.24) is 10.2 Å². The molecule has 2 heterocycles. The Bertz CT molecular complexity index is 305. The van der Waals surface area contributed by atoms with Crippen LogP contribution in [0.15, 0.2) is 12.1 Å². The Hall–Kier alpha value is -0.710. The van der Waals surface area contributed by atoms with Crippen molar-refractivity contribution in [1.29, 1.82) is 0 Å². The summed E-state index contributed by atoms with van der Waals surface area (Å²) in [6, 6.07) is 3.95. The monoisotopic (exact) mass is 210 g/mol. The molecule has 1 N–H and O–H groups in total. The molecule has 0 amide bonds. The first-order valence-corrected chi connectivity index (χ1v) is 5.67. The molecule has 0 atom stereocenters. The molecule has 0 unspecified atom stereocenters. The van der Waals surface area contributed by atoms with Crippen LogP contribution in [0.1, 0.15) is 14.5 Å². The van der Waals surface area contributed by atoms with Gasteiger partial charge in [-0.3, -0.25) is 9.69 Å². The van der Waals surface area contributed by atoms with Crippen LogP contribution in [0.5, 0.6) is 0 Å². The summed E-state index contributed by atoms with van der Waals surface area (Å²) >= 11 is 1.60. The highest BCUT2D eigenvalue weighted by molar-refractivity contribution is 7.13. The summed E-state index contributed by atoms with van der Waals surface area (Å²) in [4.78, 5) is 15.0. The average Bonchev–Trinajstić information content (AvgIpc) is 2.67. The summed E-state index contributed by atoms with van der Waals surface area (Å²) in [5.41, 5.74) is 0. The molecule has 2 rings (SSSR count). The Morgan fingerprint density at radius 2 is 2.21 bits per heavy atom. The Labute approximate surface area is 87.7 Å². The first-order chi connectivity index (χ1) is 6.88. The van der Waals surface area contributed by atoms with Crippen molar-refractivity contribution in [3.8, 4) is 0 Å². The Kier molecular flexibility index (Phi) is 3.29. The van der Waals surface area contributed by atoms with Crippen LogP contribution in [0.3, 0.4) is 0 Å². The lowest BCUT2D eigenvalue weighted by Gasteiger charge is -2.26. The van der Waals surface area contributed by atoms with Gasteiger partial charge in [0.2, 0.25) is 0 Å². The van der Waals surface area contributed by atoms with Crippen molar-refractivity contribution in [2.24, 2.45) is 0 Å². The molecule has 0 saturated carbocycles. The van der Waals surface area contributed by atoms with Gasteiger partial charge in [0.15, 0.2) is 6.29 Å². The highest BCUT2D eigenvalue weighted by Crippen LogP contribution is 2.16. The number of nitrogens with one attached hydrogen (secondary N) is 1. The minimum atomic E-state index is 0.829. The fourth-order valence-electron chi connectivity index (χ4n) is 1.63. The molecule has 76 valence electrons. The minimum absolute atomic E-state index is 0.829. The lowest BCUT2D eigenvalue weighted by Crippen LogP contribution is -2.42. The van der Waals surface area contributed by atoms with Gasteiger partial charge in [0, 0.05) is 37.6 Å². The number of hydrogen-bond acceptors (Lipinski definition) is 4. The number of hydrogen-bond donors (Lipinski definition) is 1. The van der Waals surface area contributed by atoms with Crippen molar-refractivity contribution >= 4 is 17.6 Å². The first-order valence-electron chi connectivity index (χ1n) is 4.85. The van der Waals surface area contributed by atoms with Crippen LogP contribution in [-0.4, -0.2) is 37.4 Å². The van der Waals surface area contributed by atoms with Crippen LogP contribution >= 0.6 is 11.3 Å². The van der Waals surface area contributed by atoms with Crippen molar-refractivity contribution in [2.75, 3.05) is 26.2 Å². The van der Waals surface area contributed by atoms with Gasteiger partial charge in [-0.25, -0.2) is 0 Å². The van der Waals surface area contributed by atoms with Gasteiger partial charge in [0.05, 0.1) is 4.88 Å². The summed E-state index contributed by atoms with van der Waals surface area (Å²) < 4.78 is 0. The zero-order chi connectivity index (χ0) is 9.80. The molecule has 1 aromatic heterocycles. The van der Waals surface area contributed by atoms with Crippen molar-refractivity contribution in [2.45, 2.75) is 6.54 Å². The Morgan fingerprint density at radius 3 is 2.86 bits per heavy atom. The third-order valence-electron chi connectivity index (χ3n) is 2.39. The second kappa shape index (κ2) is 4.68. The average molecular weight is 210 g/mol. The molecule has 1 aromatic rings. The van der Waals surface area contributed by atoms with E-state index in [9.17, 15) is 4.79 Å². The van der Waals surface area contributed by atoms with E-state index in [-0.39, 0.29) is 0 Å². The maximum atomic E-state index is 10.5. The molecule has 0 bridgehead atoms. The summed E-state index contributed by atoms with van der Waals surface area (Å²) in [6.45, 7) is 5.35. The number of carbonyl (C=O) groups excluding carboxylic acids is 1. The number of thiophene rings is 1. The van der Waals surface area contributed by atoms with Gasteiger partial charge < -0.3 is 5.32 Å². The van der Waals surface area contributed by atoms with Gasteiger partial charge in [0.25, 0.3) is 0 Å². The topological polar surface area (TPSA) is 32.3 Å². The molecule has 1 saturated heterocycles. The largest absolute Gasteiger partial charge is 0.314 e. The second-order valence-electron chi connectivity index (χ2n) is 3.45. The molecule has 1 aliphatic heterocycles. The van der Waals surface area contributed by atoms with Crippen LogP contribution in [-0.2, 0) is 6.54 Å². The summed E-state index contributed by atoms with van der Waals surface area (Å²) in [5, 5.41) is 3.32. The molecule has 0 spiro atoms.